The van der Waals surface area contributed by atoms with Gasteiger partial charge in [0.1, 0.15) is 0 Å². The first kappa shape index (κ1) is 24.4. The second-order valence-electron chi connectivity index (χ2n) is 8.72. The molecule has 0 spiro atoms. The highest BCUT2D eigenvalue weighted by Crippen LogP contribution is 2.43. The largest absolute Gasteiger partial charge is 0.394 e. The van der Waals surface area contributed by atoms with Crippen LogP contribution in [-0.4, -0.2) is 41.2 Å². The van der Waals surface area contributed by atoms with Crippen molar-refractivity contribution in [2.75, 3.05) is 13.2 Å². The molecule has 6 heteroatoms. The molecule has 1 heterocycles. The van der Waals surface area contributed by atoms with E-state index >= 15 is 0 Å². The SMILES string of the molecule is CC(=O)NC(CO)(CO)CCc1ccc(C2(CCCCc3ccccc3)OC(C)O2)cc1. The van der Waals surface area contributed by atoms with E-state index in [9.17, 15) is 15.0 Å². The summed E-state index contributed by atoms with van der Waals surface area (Å²) < 4.78 is 12.1. The quantitative estimate of drug-likeness (QED) is 0.439. The van der Waals surface area contributed by atoms with Crippen molar-refractivity contribution in [3.8, 4) is 0 Å². The molecule has 0 radical (unpaired) electrons. The highest BCUT2D eigenvalue weighted by atomic mass is 16.9. The van der Waals surface area contributed by atoms with Crippen LogP contribution in [0.3, 0.4) is 0 Å². The van der Waals surface area contributed by atoms with Crippen molar-refractivity contribution in [2.24, 2.45) is 0 Å². The zero-order valence-electron chi connectivity index (χ0n) is 19.0. The van der Waals surface area contributed by atoms with Gasteiger partial charge in [0.2, 0.25) is 5.91 Å². The molecule has 174 valence electrons. The standard InChI is InChI=1S/C26H35NO5/c1-20(30)27-25(18-28,19-29)17-15-23-11-13-24(14-12-23)26(31-21(2)32-26)16-7-6-10-22-8-4-3-5-9-22/h3-5,8-9,11-14,21,28-29H,6-7,10,15-19H2,1-2H3,(H,27,30). The Hall–Kier alpha value is -2.25. The fourth-order valence-electron chi connectivity index (χ4n) is 4.31. The van der Waals surface area contributed by atoms with Crippen LogP contribution in [0.15, 0.2) is 54.6 Å². The van der Waals surface area contributed by atoms with E-state index < -0.39 is 11.3 Å². The molecule has 1 aliphatic heterocycles. The van der Waals surface area contributed by atoms with Crippen LogP contribution in [0.5, 0.6) is 0 Å². The summed E-state index contributed by atoms with van der Waals surface area (Å²) in [6.45, 7) is 2.66. The fourth-order valence-corrected chi connectivity index (χ4v) is 4.31. The van der Waals surface area contributed by atoms with Crippen LogP contribution >= 0.6 is 0 Å². The number of nitrogens with one attached hydrogen (secondary N) is 1. The Kier molecular flexibility index (Phi) is 8.43. The third-order valence-corrected chi connectivity index (χ3v) is 6.11. The van der Waals surface area contributed by atoms with Gasteiger partial charge in [-0.2, -0.15) is 0 Å². The zero-order chi connectivity index (χ0) is 23.0. The Morgan fingerprint density at radius 1 is 0.969 bits per heavy atom. The van der Waals surface area contributed by atoms with Gasteiger partial charge in [0.25, 0.3) is 0 Å². The Morgan fingerprint density at radius 3 is 2.16 bits per heavy atom. The Morgan fingerprint density at radius 2 is 1.59 bits per heavy atom. The van der Waals surface area contributed by atoms with Gasteiger partial charge in [0.15, 0.2) is 12.1 Å². The number of benzene rings is 2. The van der Waals surface area contributed by atoms with Gasteiger partial charge in [0.05, 0.1) is 18.8 Å². The minimum absolute atomic E-state index is 0.212. The molecule has 0 bridgehead atoms. The van der Waals surface area contributed by atoms with E-state index in [1.165, 1.54) is 12.5 Å². The summed E-state index contributed by atoms with van der Waals surface area (Å²) in [5.74, 6) is -0.962. The van der Waals surface area contributed by atoms with E-state index in [1.807, 2.05) is 37.3 Å². The molecule has 6 nitrogen and oxygen atoms in total. The molecule has 0 aliphatic carbocycles. The van der Waals surface area contributed by atoms with Gasteiger partial charge in [-0.25, -0.2) is 0 Å². The van der Waals surface area contributed by atoms with Gasteiger partial charge in [-0.1, -0.05) is 54.6 Å². The number of ether oxygens (including phenoxy) is 2. The number of rotatable bonds is 12. The topological polar surface area (TPSA) is 88.0 Å². The summed E-state index contributed by atoms with van der Waals surface area (Å²) in [5, 5.41) is 22.1. The Bertz CT molecular complexity index is 842. The van der Waals surface area contributed by atoms with E-state index in [2.05, 4.69) is 29.6 Å². The molecule has 2 aromatic carbocycles. The normalized spacial score (nSPS) is 20.6. The van der Waals surface area contributed by atoms with Crippen molar-refractivity contribution in [2.45, 2.75) is 70.0 Å². The van der Waals surface area contributed by atoms with Crippen LogP contribution < -0.4 is 5.32 Å². The monoisotopic (exact) mass is 441 g/mol. The van der Waals surface area contributed by atoms with E-state index in [4.69, 9.17) is 9.47 Å². The van der Waals surface area contributed by atoms with Crippen molar-refractivity contribution in [1.82, 2.24) is 5.32 Å². The lowest BCUT2D eigenvalue weighted by molar-refractivity contribution is -0.458. The number of aliphatic hydroxyl groups excluding tert-OH is 2. The maximum absolute atomic E-state index is 11.4. The molecule has 1 amide bonds. The summed E-state index contributed by atoms with van der Waals surface area (Å²) in [7, 11) is 0. The van der Waals surface area contributed by atoms with Crippen molar-refractivity contribution in [1.29, 1.82) is 0 Å². The number of amides is 1. The highest BCUT2D eigenvalue weighted by molar-refractivity contribution is 5.73. The van der Waals surface area contributed by atoms with Gasteiger partial charge in [0, 0.05) is 18.9 Å². The summed E-state index contributed by atoms with van der Waals surface area (Å²) in [5.41, 5.74) is 2.38. The predicted octanol–water partition coefficient (Wildman–Crippen LogP) is 3.44. The van der Waals surface area contributed by atoms with Crippen LogP contribution in [0.25, 0.3) is 0 Å². The maximum atomic E-state index is 11.4. The molecule has 32 heavy (non-hydrogen) atoms. The van der Waals surface area contributed by atoms with Gasteiger partial charge in [-0.05, 0) is 50.2 Å². The number of unbranched alkanes of at least 4 members (excludes halogenated alkanes) is 1. The highest BCUT2D eigenvalue weighted by Gasteiger charge is 2.45. The van der Waals surface area contributed by atoms with Gasteiger partial charge < -0.3 is 25.0 Å². The van der Waals surface area contributed by atoms with Gasteiger partial charge in [-0.3, -0.25) is 4.79 Å². The van der Waals surface area contributed by atoms with Crippen molar-refractivity contribution in [3.63, 3.8) is 0 Å². The zero-order valence-corrected chi connectivity index (χ0v) is 19.0. The molecule has 1 fully saturated rings. The smallest absolute Gasteiger partial charge is 0.217 e. The average Bonchev–Trinajstić information content (AvgIpc) is 2.79. The lowest BCUT2D eigenvalue weighted by Crippen LogP contribution is -2.53. The summed E-state index contributed by atoms with van der Waals surface area (Å²) in [6, 6.07) is 18.6. The first-order chi connectivity index (χ1) is 15.4. The van der Waals surface area contributed by atoms with Crippen LogP contribution in [0, 0.1) is 0 Å². The molecule has 1 saturated heterocycles. The van der Waals surface area contributed by atoms with Gasteiger partial charge in [-0.15, -0.1) is 0 Å². The molecule has 1 aliphatic rings. The van der Waals surface area contributed by atoms with Crippen LogP contribution in [0.4, 0.5) is 0 Å². The van der Waals surface area contributed by atoms with Crippen LogP contribution in [0.2, 0.25) is 0 Å². The second-order valence-corrected chi connectivity index (χ2v) is 8.72. The van der Waals surface area contributed by atoms with Crippen molar-refractivity contribution < 1.29 is 24.5 Å². The first-order valence-electron chi connectivity index (χ1n) is 11.4. The Labute approximate surface area is 190 Å². The van der Waals surface area contributed by atoms with Gasteiger partial charge >= 0.3 is 0 Å². The summed E-state index contributed by atoms with van der Waals surface area (Å²) >= 11 is 0. The molecular weight excluding hydrogens is 406 g/mol. The number of carbonyl (C=O) groups is 1. The van der Waals surface area contributed by atoms with Crippen LogP contribution in [0.1, 0.15) is 56.2 Å². The van der Waals surface area contributed by atoms with E-state index in [0.29, 0.717) is 12.8 Å². The number of aryl methyl sites for hydroxylation is 2. The number of carbonyl (C=O) groups excluding carboxylic acids is 1. The predicted molar refractivity (Wildman–Crippen MR) is 123 cm³/mol. The van der Waals surface area contributed by atoms with Crippen LogP contribution in [-0.2, 0) is 32.9 Å². The van der Waals surface area contributed by atoms with E-state index in [-0.39, 0.29) is 25.4 Å². The Balaban J connectivity index is 1.57. The molecule has 3 N–H and O–H groups in total. The third-order valence-electron chi connectivity index (χ3n) is 6.11. The maximum Gasteiger partial charge on any atom is 0.217 e. The lowest BCUT2D eigenvalue weighted by Gasteiger charge is -2.46. The summed E-state index contributed by atoms with van der Waals surface area (Å²) in [4.78, 5) is 11.4. The molecule has 0 atom stereocenters. The minimum atomic E-state index is -1.01. The minimum Gasteiger partial charge on any atom is -0.394 e. The molecule has 0 aromatic heterocycles. The fraction of sp³-hybridized carbons (Fsp3) is 0.500. The molecule has 0 saturated carbocycles. The first-order valence-corrected chi connectivity index (χ1v) is 11.4. The molecule has 3 rings (SSSR count). The molecule has 0 unspecified atom stereocenters. The number of hydrogen-bond donors (Lipinski definition) is 3. The number of aliphatic hydroxyl groups is 2. The molecule has 2 aromatic rings. The number of hydrogen-bond acceptors (Lipinski definition) is 5. The summed E-state index contributed by atoms with van der Waals surface area (Å²) in [6.07, 6.45) is 4.74. The van der Waals surface area contributed by atoms with E-state index in [0.717, 1.165) is 36.8 Å². The second kappa shape index (κ2) is 11.1. The average molecular weight is 442 g/mol. The van der Waals surface area contributed by atoms with Crippen molar-refractivity contribution >= 4 is 5.91 Å². The van der Waals surface area contributed by atoms with Crippen molar-refractivity contribution in [3.05, 3.63) is 71.3 Å². The van der Waals surface area contributed by atoms with E-state index in [1.54, 1.807) is 0 Å². The third kappa shape index (κ3) is 6.17. The lowest BCUT2D eigenvalue weighted by atomic mass is 9.91. The molecular formula is C26H35NO5.